The molecule has 0 bridgehead atoms. The second kappa shape index (κ2) is 2.64. The first-order valence-corrected chi connectivity index (χ1v) is 3.33. The minimum atomic E-state index is -0.449. The number of ether oxygens (including phenoxy) is 1. The Hall–Kier alpha value is -0.120. The van der Waals surface area contributed by atoms with Gasteiger partial charge in [-0.3, -0.25) is 0 Å². The van der Waals surface area contributed by atoms with Gasteiger partial charge in [-0.15, -0.1) is 0 Å². The van der Waals surface area contributed by atoms with Crippen LogP contribution in [0.2, 0.25) is 0 Å². The van der Waals surface area contributed by atoms with E-state index in [1.165, 1.54) is 0 Å². The Kier molecular flexibility index (Phi) is 2.05. The summed E-state index contributed by atoms with van der Waals surface area (Å²) < 4.78 is 5.15. The Morgan fingerprint density at radius 3 is 2.67 bits per heavy atom. The van der Waals surface area contributed by atoms with Gasteiger partial charge in [-0.25, -0.2) is 0 Å². The van der Waals surface area contributed by atoms with Crippen LogP contribution < -0.4 is 5.73 Å². The molecule has 1 aliphatic rings. The number of rotatable bonds is 1. The summed E-state index contributed by atoms with van der Waals surface area (Å²) in [5, 5.41) is 9.05. The molecular weight excluding hydrogens is 118 g/mol. The van der Waals surface area contributed by atoms with E-state index in [-0.39, 0.29) is 6.10 Å². The number of aliphatic hydroxyl groups is 1. The average molecular weight is 131 g/mol. The van der Waals surface area contributed by atoms with Crippen LogP contribution in [0.15, 0.2) is 0 Å². The lowest BCUT2D eigenvalue weighted by Crippen LogP contribution is -2.30. The van der Waals surface area contributed by atoms with Crippen LogP contribution in [0, 0.1) is 0 Å². The molecule has 0 amide bonds. The summed E-state index contributed by atoms with van der Waals surface area (Å²) in [6.45, 7) is 2.02. The van der Waals surface area contributed by atoms with Gasteiger partial charge in [-0.2, -0.15) is 0 Å². The fourth-order valence-electron chi connectivity index (χ4n) is 1.03. The lowest BCUT2D eigenvalue weighted by atomic mass is 10.1. The predicted molar refractivity (Wildman–Crippen MR) is 33.8 cm³/mol. The van der Waals surface area contributed by atoms with Crippen molar-refractivity contribution in [2.75, 3.05) is 0 Å². The van der Waals surface area contributed by atoms with E-state index < -0.39 is 12.3 Å². The smallest absolute Gasteiger partial charge is 0.132 e. The van der Waals surface area contributed by atoms with Gasteiger partial charge in [0.15, 0.2) is 0 Å². The Morgan fingerprint density at radius 1 is 1.78 bits per heavy atom. The zero-order valence-electron chi connectivity index (χ0n) is 5.58. The third-order valence-corrected chi connectivity index (χ3v) is 1.69. The van der Waals surface area contributed by atoms with E-state index in [1.807, 2.05) is 6.92 Å². The highest BCUT2D eigenvalue weighted by molar-refractivity contribution is 4.76. The molecule has 0 saturated carbocycles. The molecule has 0 radical (unpaired) electrons. The quantitative estimate of drug-likeness (QED) is 0.519. The van der Waals surface area contributed by atoms with Crippen LogP contribution in [0.25, 0.3) is 0 Å². The molecule has 1 saturated heterocycles. The topological polar surface area (TPSA) is 55.5 Å². The van der Waals surface area contributed by atoms with Gasteiger partial charge >= 0.3 is 0 Å². The second-order valence-electron chi connectivity index (χ2n) is 2.43. The van der Waals surface area contributed by atoms with Crippen molar-refractivity contribution >= 4 is 0 Å². The summed E-state index contributed by atoms with van der Waals surface area (Å²) in [4.78, 5) is 0. The first-order chi connectivity index (χ1) is 4.24. The third-order valence-electron chi connectivity index (χ3n) is 1.69. The highest BCUT2D eigenvalue weighted by Crippen LogP contribution is 2.18. The van der Waals surface area contributed by atoms with Crippen molar-refractivity contribution in [1.82, 2.24) is 0 Å². The normalized spacial score (nSPS) is 43.7. The fourth-order valence-corrected chi connectivity index (χ4v) is 1.03. The molecule has 1 rings (SSSR count). The first-order valence-electron chi connectivity index (χ1n) is 3.33. The first kappa shape index (κ1) is 6.99. The van der Waals surface area contributed by atoms with Gasteiger partial charge in [0.25, 0.3) is 0 Å². The maximum absolute atomic E-state index is 9.05. The molecule has 9 heavy (non-hydrogen) atoms. The Balaban J connectivity index is 2.35. The molecule has 1 aliphatic heterocycles. The lowest BCUT2D eigenvalue weighted by molar-refractivity contribution is 0.0136. The van der Waals surface area contributed by atoms with E-state index in [1.54, 1.807) is 0 Å². The molecule has 0 aliphatic carbocycles. The minimum Gasteiger partial charge on any atom is -0.389 e. The van der Waals surface area contributed by atoms with Crippen LogP contribution in [-0.2, 0) is 4.74 Å². The highest BCUT2D eigenvalue weighted by atomic mass is 16.5. The SMILES string of the molecule is CC[C@@H]1C[C@H](O)[C@H](N)O1. The van der Waals surface area contributed by atoms with Gasteiger partial charge in [0.2, 0.25) is 0 Å². The predicted octanol–water partition coefficient (Wildman–Crippen LogP) is -0.169. The Labute approximate surface area is 54.8 Å². The largest absolute Gasteiger partial charge is 0.389 e. The van der Waals surface area contributed by atoms with Crippen molar-refractivity contribution < 1.29 is 9.84 Å². The lowest BCUT2D eigenvalue weighted by Gasteiger charge is -2.06. The second-order valence-corrected chi connectivity index (χ2v) is 2.43. The van der Waals surface area contributed by atoms with Crippen LogP contribution in [0.5, 0.6) is 0 Å². The summed E-state index contributed by atoms with van der Waals surface area (Å²) >= 11 is 0. The summed E-state index contributed by atoms with van der Waals surface area (Å²) in [5.41, 5.74) is 5.37. The third kappa shape index (κ3) is 1.41. The zero-order chi connectivity index (χ0) is 6.85. The van der Waals surface area contributed by atoms with Crippen LogP contribution in [0.1, 0.15) is 19.8 Å². The van der Waals surface area contributed by atoms with Crippen molar-refractivity contribution in [2.45, 2.75) is 38.2 Å². The van der Waals surface area contributed by atoms with Gasteiger partial charge in [0.05, 0.1) is 12.2 Å². The zero-order valence-corrected chi connectivity index (χ0v) is 5.58. The standard InChI is InChI=1S/C6H13NO2/c1-2-4-3-5(8)6(7)9-4/h4-6,8H,2-3,7H2,1H3/t4-,5+,6-/m1/s1. The van der Waals surface area contributed by atoms with E-state index in [0.717, 1.165) is 6.42 Å². The van der Waals surface area contributed by atoms with Gasteiger partial charge in [0.1, 0.15) is 6.23 Å². The molecule has 3 N–H and O–H groups in total. The molecular formula is C6H13NO2. The van der Waals surface area contributed by atoms with Crippen LogP contribution in [-0.4, -0.2) is 23.5 Å². The molecule has 3 heteroatoms. The van der Waals surface area contributed by atoms with Crippen LogP contribution >= 0.6 is 0 Å². The minimum absolute atomic E-state index is 0.176. The summed E-state index contributed by atoms with van der Waals surface area (Å²) in [6.07, 6.45) is 0.905. The Morgan fingerprint density at radius 2 is 2.44 bits per heavy atom. The highest BCUT2D eigenvalue weighted by Gasteiger charge is 2.29. The van der Waals surface area contributed by atoms with E-state index in [0.29, 0.717) is 6.42 Å². The van der Waals surface area contributed by atoms with E-state index in [9.17, 15) is 0 Å². The summed E-state index contributed by atoms with van der Waals surface area (Å²) in [5.74, 6) is 0. The molecule has 0 aromatic heterocycles. The molecule has 0 aromatic rings. The number of aliphatic hydroxyl groups excluding tert-OH is 1. The molecule has 0 aromatic carbocycles. The molecule has 54 valence electrons. The van der Waals surface area contributed by atoms with Crippen LogP contribution in [0.3, 0.4) is 0 Å². The van der Waals surface area contributed by atoms with Gasteiger partial charge < -0.3 is 15.6 Å². The van der Waals surface area contributed by atoms with E-state index in [4.69, 9.17) is 15.6 Å². The fraction of sp³-hybridized carbons (Fsp3) is 1.00. The molecule has 1 heterocycles. The summed E-state index contributed by atoms with van der Waals surface area (Å²) in [7, 11) is 0. The number of hydrogen-bond acceptors (Lipinski definition) is 3. The Bertz CT molecular complexity index is 87.1. The van der Waals surface area contributed by atoms with Crippen LogP contribution in [0.4, 0.5) is 0 Å². The molecule has 1 fully saturated rings. The molecule has 0 spiro atoms. The maximum atomic E-state index is 9.05. The van der Waals surface area contributed by atoms with Gasteiger partial charge in [0, 0.05) is 6.42 Å². The van der Waals surface area contributed by atoms with E-state index >= 15 is 0 Å². The molecule has 3 nitrogen and oxygen atoms in total. The van der Waals surface area contributed by atoms with Gasteiger partial charge in [-0.1, -0.05) is 6.92 Å². The summed E-state index contributed by atoms with van der Waals surface area (Å²) in [6, 6.07) is 0. The maximum Gasteiger partial charge on any atom is 0.132 e. The van der Waals surface area contributed by atoms with Crippen molar-refractivity contribution in [3.8, 4) is 0 Å². The molecule has 3 atom stereocenters. The number of nitrogens with two attached hydrogens (primary N) is 1. The average Bonchev–Trinajstić information content (AvgIpc) is 2.13. The van der Waals surface area contributed by atoms with Crippen molar-refractivity contribution in [2.24, 2.45) is 5.73 Å². The van der Waals surface area contributed by atoms with Crippen molar-refractivity contribution in [1.29, 1.82) is 0 Å². The van der Waals surface area contributed by atoms with E-state index in [2.05, 4.69) is 0 Å². The monoisotopic (exact) mass is 131 g/mol. The number of hydrogen-bond donors (Lipinski definition) is 2. The van der Waals surface area contributed by atoms with Crippen molar-refractivity contribution in [3.05, 3.63) is 0 Å². The molecule has 0 unspecified atom stereocenters. The van der Waals surface area contributed by atoms with Crippen molar-refractivity contribution in [3.63, 3.8) is 0 Å². The van der Waals surface area contributed by atoms with Gasteiger partial charge in [-0.05, 0) is 6.42 Å².